The SMILES string of the molecule is O=C(Nc1cn[nH]c1)C1=NO[C@H](c2ccccc2)C1. The van der Waals surface area contributed by atoms with Crippen molar-refractivity contribution < 1.29 is 9.63 Å². The first-order valence-electron chi connectivity index (χ1n) is 5.90. The zero-order chi connectivity index (χ0) is 13.1. The van der Waals surface area contributed by atoms with Crippen LogP contribution in [-0.4, -0.2) is 21.8 Å². The maximum absolute atomic E-state index is 11.9. The molecule has 2 aromatic rings. The molecule has 1 atom stereocenters. The van der Waals surface area contributed by atoms with Crippen molar-refractivity contribution in [1.82, 2.24) is 10.2 Å². The number of H-pyrrole nitrogens is 1. The first-order chi connectivity index (χ1) is 9.33. The molecule has 6 nitrogen and oxygen atoms in total. The van der Waals surface area contributed by atoms with E-state index in [2.05, 4.69) is 20.7 Å². The van der Waals surface area contributed by atoms with Crippen LogP contribution < -0.4 is 5.32 Å². The van der Waals surface area contributed by atoms with E-state index in [0.717, 1.165) is 5.56 Å². The molecule has 1 amide bonds. The zero-order valence-corrected chi connectivity index (χ0v) is 10.0. The van der Waals surface area contributed by atoms with Crippen LogP contribution in [0.15, 0.2) is 47.9 Å². The fourth-order valence-corrected chi connectivity index (χ4v) is 1.88. The predicted octanol–water partition coefficient (Wildman–Crippen LogP) is 1.87. The summed E-state index contributed by atoms with van der Waals surface area (Å²) in [5.41, 5.74) is 2.00. The van der Waals surface area contributed by atoms with Crippen molar-refractivity contribution >= 4 is 17.3 Å². The maximum Gasteiger partial charge on any atom is 0.273 e. The molecule has 2 N–H and O–H groups in total. The summed E-state index contributed by atoms with van der Waals surface area (Å²) >= 11 is 0. The number of anilines is 1. The van der Waals surface area contributed by atoms with E-state index in [9.17, 15) is 4.79 Å². The highest BCUT2D eigenvalue weighted by Crippen LogP contribution is 2.27. The third-order valence-corrected chi connectivity index (χ3v) is 2.86. The van der Waals surface area contributed by atoms with Gasteiger partial charge in [0.2, 0.25) is 0 Å². The Balaban J connectivity index is 1.64. The first kappa shape index (κ1) is 11.5. The molecule has 1 aromatic heterocycles. The van der Waals surface area contributed by atoms with Crippen LogP contribution >= 0.6 is 0 Å². The summed E-state index contributed by atoms with van der Waals surface area (Å²) in [7, 11) is 0. The molecule has 6 heteroatoms. The lowest BCUT2D eigenvalue weighted by Gasteiger charge is -2.07. The number of benzene rings is 1. The summed E-state index contributed by atoms with van der Waals surface area (Å²) in [6.07, 6.45) is 3.41. The number of hydrogen-bond donors (Lipinski definition) is 2. The maximum atomic E-state index is 11.9. The van der Waals surface area contributed by atoms with Gasteiger partial charge in [-0.25, -0.2) is 0 Å². The van der Waals surface area contributed by atoms with Gasteiger partial charge in [0.25, 0.3) is 5.91 Å². The van der Waals surface area contributed by atoms with E-state index < -0.39 is 0 Å². The fourth-order valence-electron chi connectivity index (χ4n) is 1.88. The Morgan fingerprint density at radius 3 is 2.95 bits per heavy atom. The summed E-state index contributed by atoms with van der Waals surface area (Å²) in [6.45, 7) is 0. The van der Waals surface area contributed by atoms with E-state index in [-0.39, 0.29) is 12.0 Å². The summed E-state index contributed by atoms with van der Waals surface area (Å²) in [4.78, 5) is 17.2. The van der Waals surface area contributed by atoms with Crippen molar-refractivity contribution in [3.63, 3.8) is 0 Å². The molecule has 0 spiro atoms. The van der Waals surface area contributed by atoms with Crippen LogP contribution in [0.3, 0.4) is 0 Å². The Hall–Kier alpha value is -2.63. The van der Waals surface area contributed by atoms with Crippen LogP contribution in [0.2, 0.25) is 0 Å². The van der Waals surface area contributed by atoms with Gasteiger partial charge in [-0.15, -0.1) is 0 Å². The highest BCUT2D eigenvalue weighted by Gasteiger charge is 2.27. The Morgan fingerprint density at radius 2 is 2.21 bits per heavy atom. The molecule has 1 aromatic carbocycles. The summed E-state index contributed by atoms with van der Waals surface area (Å²) in [6, 6.07) is 9.71. The number of nitrogens with one attached hydrogen (secondary N) is 2. The second-order valence-electron chi connectivity index (χ2n) is 4.19. The van der Waals surface area contributed by atoms with E-state index in [0.29, 0.717) is 17.8 Å². The Kier molecular flexibility index (Phi) is 2.97. The molecule has 0 fully saturated rings. The molecule has 3 rings (SSSR count). The number of nitrogens with zero attached hydrogens (tertiary/aromatic N) is 2. The number of carbonyl (C=O) groups excluding carboxylic acids is 1. The minimum Gasteiger partial charge on any atom is -0.387 e. The average molecular weight is 256 g/mol. The van der Waals surface area contributed by atoms with Crippen LogP contribution in [0.25, 0.3) is 0 Å². The number of aromatic nitrogens is 2. The molecule has 0 saturated carbocycles. The molecule has 96 valence electrons. The van der Waals surface area contributed by atoms with Crippen molar-refractivity contribution in [2.45, 2.75) is 12.5 Å². The molecule has 0 bridgehead atoms. The number of oxime groups is 1. The minimum absolute atomic E-state index is 0.189. The molecule has 19 heavy (non-hydrogen) atoms. The van der Waals surface area contributed by atoms with Gasteiger partial charge >= 0.3 is 0 Å². The van der Waals surface area contributed by atoms with Gasteiger partial charge in [0.05, 0.1) is 11.9 Å². The minimum atomic E-state index is -0.264. The molecular formula is C13H12N4O2. The Labute approximate surface area is 109 Å². The fraction of sp³-hybridized carbons (Fsp3) is 0.154. The van der Waals surface area contributed by atoms with E-state index in [1.54, 1.807) is 6.20 Å². The molecule has 0 aliphatic carbocycles. The molecule has 0 radical (unpaired) electrons. The van der Waals surface area contributed by atoms with Crippen LogP contribution in [0, 0.1) is 0 Å². The van der Waals surface area contributed by atoms with Gasteiger partial charge in [-0.3, -0.25) is 9.89 Å². The van der Waals surface area contributed by atoms with Gasteiger partial charge in [0.15, 0.2) is 6.10 Å². The number of aromatic amines is 1. The normalized spacial score (nSPS) is 17.7. The lowest BCUT2D eigenvalue weighted by molar-refractivity contribution is -0.110. The second kappa shape index (κ2) is 4.93. The largest absolute Gasteiger partial charge is 0.387 e. The number of rotatable bonds is 3. The number of hydrogen-bond acceptors (Lipinski definition) is 4. The summed E-state index contributed by atoms with van der Waals surface area (Å²) in [5.74, 6) is -0.264. The zero-order valence-electron chi connectivity index (χ0n) is 10.0. The molecule has 1 aliphatic heterocycles. The van der Waals surface area contributed by atoms with Gasteiger partial charge in [-0.1, -0.05) is 35.5 Å². The monoisotopic (exact) mass is 256 g/mol. The highest BCUT2D eigenvalue weighted by atomic mass is 16.6. The van der Waals surface area contributed by atoms with Gasteiger partial charge in [0, 0.05) is 12.6 Å². The lowest BCUT2D eigenvalue weighted by atomic mass is 10.0. The first-order valence-corrected chi connectivity index (χ1v) is 5.90. The van der Waals surface area contributed by atoms with Gasteiger partial charge in [-0.05, 0) is 5.56 Å². The lowest BCUT2D eigenvalue weighted by Crippen LogP contribution is -2.21. The van der Waals surface area contributed by atoms with Crippen molar-refractivity contribution in [2.75, 3.05) is 5.32 Å². The Morgan fingerprint density at radius 1 is 1.37 bits per heavy atom. The second-order valence-corrected chi connectivity index (χ2v) is 4.19. The van der Waals surface area contributed by atoms with Crippen LogP contribution in [0.1, 0.15) is 18.1 Å². The molecule has 1 aliphatic rings. The van der Waals surface area contributed by atoms with Crippen molar-refractivity contribution in [3.05, 3.63) is 48.3 Å². The van der Waals surface area contributed by atoms with Crippen molar-refractivity contribution in [2.24, 2.45) is 5.16 Å². The summed E-state index contributed by atoms with van der Waals surface area (Å²) in [5, 5.41) is 12.9. The summed E-state index contributed by atoms with van der Waals surface area (Å²) < 4.78 is 0. The van der Waals surface area contributed by atoms with Crippen LogP contribution in [-0.2, 0) is 9.63 Å². The Bertz CT molecular complexity index is 592. The van der Waals surface area contributed by atoms with Gasteiger partial charge < -0.3 is 10.2 Å². The van der Waals surface area contributed by atoms with Crippen LogP contribution in [0.4, 0.5) is 5.69 Å². The van der Waals surface area contributed by atoms with Crippen molar-refractivity contribution in [3.8, 4) is 0 Å². The predicted molar refractivity (Wildman–Crippen MR) is 69.5 cm³/mol. The average Bonchev–Trinajstić information content (AvgIpc) is 3.10. The third-order valence-electron chi connectivity index (χ3n) is 2.86. The van der Waals surface area contributed by atoms with Crippen molar-refractivity contribution in [1.29, 1.82) is 0 Å². The van der Waals surface area contributed by atoms with Crippen LogP contribution in [0.5, 0.6) is 0 Å². The number of amides is 1. The molecule has 0 unspecified atom stereocenters. The van der Waals surface area contributed by atoms with E-state index >= 15 is 0 Å². The molecule has 2 heterocycles. The smallest absolute Gasteiger partial charge is 0.273 e. The van der Waals surface area contributed by atoms with Gasteiger partial charge in [-0.2, -0.15) is 5.10 Å². The highest BCUT2D eigenvalue weighted by molar-refractivity contribution is 6.43. The topological polar surface area (TPSA) is 79.4 Å². The molecule has 0 saturated heterocycles. The van der Waals surface area contributed by atoms with E-state index in [1.165, 1.54) is 6.20 Å². The van der Waals surface area contributed by atoms with E-state index in [1.807, 2.05) is 30.3 Å². The third kappa shape index (κ3) is 2.47. The van der Waals surface area contributed by atoms with Gasteiger partial charge in [0.1, 0.15) is 5.71 Å². The number of carbonyl (C=O) groups is 1. The standard InChI is InChI=1S/C13H12N4O2/c18-13(16-10-7-14-15-8-10)11-6-12(19-17-11)9-4-2-1-3-5-9/h1-5,7-8,12H,6H2,(H,14,15)(H,16,18)/t12-/m0/s1. The quantitative estimate of drug-likeness (QED) is 0.879. The molecular weight excluding hydrogens is 244 g/mol. The van der Waals surface area contributed by atoms with E-state index in [4.69, 9.17) is 4.84 Å².